The van der Waals surface area contributed by atoms with Gasteiger partial charge in [-0.2, -0.15) is 0 Å². The first-order chi connectivity index (χ1) is 10.1. The Morgan fingerprint density at radius 3 is 2.52 bits per heavy atom. The smallest absolute Gasteiger partial charge is 0.163 e. The largest absolute Gasteiger partial charge is 0.394 e. The van der Waals surface area contributed by atoms with Crippen LogP contribution in [0.15, 0.2) is 36.4 Å². The number of hydrogen-bond acceptors (Lipinski definition) is 4. The molecule has 1 aromatic heterocycles. The summed E-state index contributed by atoms with van der Waals surface area (Å²) in [5, 5.41) is 13.1. The van der Waals surface area contributed by atoms with Gasteiger partial charge in [0.25, 0.3) is 0 Å². The molecule has 4 nitrogen and oxygen atoms in total. The van der Waals surface area contributed by atoms with Crippen molar-refractivity contribution in [2.75, 3.05) is 11.9 Å². The van der Waals surface area contributed by atoms with Gasteiger partial charge in [0.1, 0.15) is 11.0 Å². The van der Waals surface area contributed by atoms with E-state index in [1.165, 1.54) is 0 Å². The van der Waals surface area contributed by atoms with Crippen LogP contribution in [0.2, 0.25) is 5.15 Å². The van der Waals surface area contributed by atoms with Crippen LogP contribution in [-0.2, 0) is 0 Å². The minimum absolute atomic E-state index is 0.0420. The van der Waals surface area contributed by atoms with Crippen LogP contribution in [0.4, 0.5) is 5.82 Å². The highest BCUT2D eigenvalue weighted by Gasteiger charge is 2.12. The molecular weight excluding hydrogens is 286 g/mol. The molecule has 1 atom stereocenters. The van der Waals surface area contributed by atoms with Crippen LogP contribution in [0.25, 0.3) is 11.4 Å². The zero-order chi connectivity index (χ0) is 15.2. The topological polar surface area (TPSA) is 58.0 Å². The molecule has 2 N–H and O–H groups in total. The Hall–Kier alpha value is -1.65. The van der Waals surface area contributed by atoms with E-state index in [2.05, 4.69) is 29.1 Å². The molecule has 0 radical (unpaired) electrons. The molecule has 21 heavy (non-hydrogen) atoms. The van der Waals surface area contributed by atoms with Crippen LogP contribution >= 0.6 is 11.6 Å². The molecule has 0 fully saturated rings. The average molecular weight is 306 g/mol. The predicted octanol–water partition coefficient (Wildman–Crippen LogP) is 3.62. The summed E-state index contributed by atoms with van der Waals surface area (Å²) in [4.78, 5) is 8.73. The van der Waals surface area contributed by atoms with Crippen molar-refractivity contribution in [2.24, 2.45) is 5.92 Å². The van der Waals surface area contributed by atoms with Crippen LogP contribution in [0.3, 0.4) is 0 Å². The van der Waals surface area contributed by atoms with Crippen molar-refractivity contribution in [1.82, 2.24) is 9.97 Å². The van der Waals surface area contributed by atoms with Gasteiger partial charge in [-0.25, -0.2) is 9.97 Å². The van der Waals surface area contributed by atoms with E-state index in [4.69, 9.17) is 11.6 Å². The molecule has 112 valence electrons. The summed E-state index contributed by atoms with van der Waals surface area (Å²) in [5.74, 6) is 1.70. The highest BCUT2D eigenvalue weighted by Crippen LogP contribution is 2.21. The molecule has 2 aromatic rings. The second-order valence-electron chi connectivity index (χ2n) is 5.42. The van der Waals surface area contributed by atoms with Crippen molar-refractivity contribution in [3.8, 4) is 11.4 Å². The average Bonchev–Trinajstić information content (AvgIpc) is 2.46. The number of rotatable bonds is 6. The van der Waals surface area contributed by atoms with Gasteiger partial charge < -0.3 is 10.4 Å². The maximum Gasteiger partial charge on any atom is 0.163 e. The van der Waals surface area contributed by atoms with Gasteiger partial charge in [-0.05, 0) is 12.3 Å². The molecular formula is C16H20ClN3O. The van der Waals surface area contributed by atoms with Gasteiger partial charge in [-0.1, -0.05) is 55.8 Å². The number of benzene rings is 1. The van der Waals surface area contributed by atoms with Gasteiger partial charge in [0.05, 0.1) is 12.6 Å². The zero-order valence-electron chi connectivity index (χ0n) is 12.3. The second kappa shape index (κ2) is 7.38. The maximum absolute atomic E-state index is 9.45. The van der Waals surface area contributed by atoms with Crippen LogP contribution in [0.5, 0.6) is 0 Å². The van der Waals surface area contributed by atoms with Gasteiger partial charge >= 0.3 is 0 Å². The number of aliphatic hydroxyl groups is 1. The van der Waals surface area contributed by atoms with Crippen molar-refractivity contribution in [1.29, 1.82) is 0 Å². The van der Waals surface area contributed by atoms with Crippen LogP contribution in [-0.4, -0.2) is 27.7 Å². The molecule has 0 aliphatic heterocycles. The maximum atomic E-state index is 9.45. The van der Waals surface area contributed by atoms with Crippen molar-refractivity contribution in [3.05, 3.63) is 41.6 Å². The summed E-state index contributed by atoms with van der Waals surface area (Å²) in [6, 6.07) is 11.3. The third-order valence-electron chi connectivity index (χ3n) is 3.06. The van der Waals surface area contributed by atoms with Crippen molar-refractivity contribution in [2.45, 2.75) is 26.3 Å². The van der Waals surface area contributed by atoms with Crippen LogP contribution in [0.1, 0.15) is 20.3 Å². The van der Waals surface area contributed by atoms with Crippen molar-refractivity contribution >= 4 is 17.4 Å². The van der Waals surface area contributed by atoms with E-state index in [1.807, 2.05) is 30.3 Å². The lowest BCUT2D eigenvalue weighted by Crippen LogP contribution is -2.26. The SMILES string of the molecule is CC(C)CC(CO)Nc1cc(Cl)nc(-c2ccccc2)n1. The lowest BCUT2D eigenvalue weighted by atomic mass is 10.0. The highest BCUT2D eigenvalue weighted by atomic mass is 35.5. The Bertz CT molecular complexity index is 575. The van der Waals surface area contributed by atoms with Gasteiger partial charge in [-0.3, -0.25) is 0 Å². The Kier molecular flexibility index (Phi) is 5.53. The molecule has 1 heterocycles. The third kappa shape index (κ3) is 4.69. The molecule has 0 saturated heterocycles. The van der Waals surface area contributed by atoms with E-state index in [1.54, 1.807) is 6.07 Å². The van der Waals surface area contributed by atoms with Gasteiger partial charge in [0, 0.05) is 11.6 Å². The monoisotopic (exact) mass is 305 g/mol. The first-order valence-corrected chi connectivity index (χ1v) is 7.43. The fourth-order valence-corrected chi connectivity index (χ4v) is 2.35. The molecule has 1 unspecified atom stereocenters. The molecule has 0 saturated carbocycles. The normalized spacial score (nSPS) is 12.4. The van der Waals surface area contributed by atoms with Gasteiger partial charge in [0.2, 0.25) is 0 Å². The second-order valence-corrected chi connectivity index (χ2v) is 5.81. The third-order valence-corrected chi connectivity index (χ3v) is 3.25. The molecule has 5 heteroatoms. The molecule has 0 bridgehead atoms. The zero-order valence-corrected chi connectivity index (χ0v) is 13.0. The molecule has 0 spiro atoms. The predicted molar refractivity (Wildman–Crippen MR) is 86.4 cm³/mol. The summed E-state index contributed by atoms with van der Waals surface area (Å²) in [6.45, 7) is 4.29. The molecule has 0 aliphatic rings. The fraction of sp³-hybridized carbons (Fsp3) is 0.375. The number of halogens is 1. The van der Waals surface area contributed by atoms with Gasteiger partial charge in [0.15, 0.2) is 5.82 Å². The van der Waals surface area contributed by atoms with Crippen molar-refractivity contribution in [3.63, 3.8) is 0 Å². The summed E-state index contributed by atoms with van der Waals surface area (Å²) in [7, 11) is 0. The van der Waals surface area contributed by atoms with E-state index in [9.17, 15) is 5.11 Å². The van der Waals surface area contributed by atoms with Gasteiger partial charge in [-0.15, -0.1) is 0 Å². The number of nitrogens with zero attached hydrogens (tertiary/aromatic N) is 2. The molecule has 1 aromatic carbocycles. The van der Waals surface area contributed by atoms with Crippen LogP contribution < -0.4 is 5.32 Å². The number of aromatic nitrogens is 2. The fourth-order valence-electron chi connectivity index (χ4n) is 2.17. The lowest BCUT2D eigenvalue weighted by molar-refractivity contribution is 0.259. The minimum atomic E-state index is -0.0420. The van der Waals surface area contributed by atoms with E-state index >= 15 is 0 Å². The molecule has 2 rings (SSSR count). The highest BCUT2D eigenvalue weighted by molar-refractivity contribution is 6.29. The first-order valence-electron chi connectivity index (χ1n) is 7.06. The van der Waals surface area contributed by atoms with Crippen LogP contribution in [0, 0.1) is 5.92 Å². The number of aliphatic hydroxyl groups excluding tert-OH is 1. The minimum Gasteiger partial charge on any atom is -0.394 e. The summed E-state index contributed by atoms with van der Waals surface area (Å²) in [6.07, 6.45) is 0.860. The summed E-state index contributed by atoms with van der Waals surface area (Å²) >= 11 is 6.08. The van der Waals surface area contributed by atoms with E-state index < -0.39 is 0 Å². The van der Waals surface area contributed by atoms with E-state index in [-0.39, 0.29) is 12.6 Å². The Morgan fingerprint density at radius 2 is 1.90 bits per heavy atom. The quantitative estimate of drug-likeness (QED) is 0.800. The number of hydrogen-bond donors (Lipinski definition) is 2. The van der Waals surface area contributed by atoms with E-state index in [0.717, 1.165) is 12.0 Å². The van der Waals surface area contributed by atoms with E-state index in [0.29, 0.717) is 22.7 Å². The standard InChI is InChI=1S/C16H20ClN3O/c1-11(2)8-13(10-21)18-15-9-14(17)19-16(20-15)12-6-4-3-5-7-12/h3-7,9,11,13,21H,8,10H2,1-2H3,(H,18,19,20). The number of nitrogens with one attached hydrogen (secondary N) is 1. The Morgan fingerprint density at radius 1 is 1.19 bits per heavy atom. The Labute approximate surface area is 130 Å². The Balaban J connectivity index is 2.23. The molecule has 0 amide bonds. The first kappa shape index (κ1) is 15.7. The van der Waals surface area contributed by atoms with Crippen molar-refractivity contribution < 1.29 is 5.11 Å². The summed E-state index contributed by atoms with van der Waals surface area (Å²) in [5.41, 5.74) is 0.910. The summed E-state index contributed by atoms with van der Waals surface area (Å²) < 4.78 is 0. The lowest BCUT2D eigenvalue weighted by Gasteiger charge is -2.19. The molecule has 0 aliphatic carbocycles. The number of anilines is 1.